The maximum Gasteiger partial charge on any atom is 0.253 e. The second-order valence-corrected chi connectivity index (χ2v) is 5.81. The number of carbonyl (C=O) groups is 2. The van der Waals surface area contributed by atoms with Gasteiger partial charge in [-0.05, 0) is 44.5 Å². The summed E-state index contributed by atoms with van der Waals surface area (Å²) in [6, 6.07) is 6.85. The summed E-state index contributed by atoms with van der Waals surface area (Å²) in [6.07, 6.45) is 0.998. The van der Waals surface area contributed by atoms with Gasteiger partial charge in [-0.15, -0.1) is 0 Å². The van der Waals surface area contributed by atoms with Crippen LogP contribution in [-0.4, -0.2) is 36.3 Å². The fourth-order valence-electron chi connectivity index (χ4n) is 1.61. The van der Waals surface area contributed by atoms with Crippen molar-refractivity contribution in [2.75, 3.05) is 19.4 Å². The van der Waals surface area contributed by atoms with Gasteiger partial charge in [-0.3, -0.25) is 9.59 Å². The van der Waals surface area contributed by atoms with Crippen molar-refractivity contribution in [1.29, 1.82) is 0 Å². The normalized spacial score (nSPS) is 11.1. The van der Waals surface area contributed by atoms with Gasteiger partial charge in [0.2, 0.25) is 5.91 Å². The minimum atomic E-state index is -0.348. The Labute approximate surface area is 120 Å². The van der Waals surface area contributed by atoms with Gasteiger partial charge in [0.15, 0.2) is 0 Å². The molecule has 0 aromatic heterocycles. The fraction of sp³-hybridized carbons (Fsp3) is 0.467. The van der Waals surface area contributed by atoms with E-state index in [4.69, 9.17) is 5.73 Å². The molecule has 1 rings (SSSR count). The van der Waals surface area contributed by atoms with Gasteiger partial charge in [0.05, 0.1) is 0 Å². The number of nitrogens with one attached hydrogen (secondary N) is 1. The average molecular weight is 277 g/mol. The highest BCUT2D eigenvalue weighted by molar-refractivity contribution is 5.95. The van der Waals surface area contributed by atoms with E-state index in [1.807, 2.05) is 13.8 Å². The van der Waals surface area contributed by atoms with E-state index in [1.54, 1.807) is 38.4 Å². The molecule has 0 aliphatic carbocycles. The number of benzene rings is 1. The Morgan fingerprint density at radius 1 is 1.20 bits per heavy atom. The van der Waals surface area contributed by atoms with E-state index in [2.05, 4.69) is 5.32 Å². The van der Waals surface area contributed by atoms with Gasteiger partial charge in [0, 0.05) is 37.3 Å². The first kappa shape index (κ1) is 16.2. The fourth-order valence-corrected chi connectivity index (χ4v) is 1.61. The van der Waals surface area contributed by atoms with Gasteiger partial charge in [-0.1, -0.05) is 0 Å². The minimum Gasteiger partial charge on any atom is -0.345 e. The molecule has 0 aliphatic heterocycles. The highest BCUT2D eigenvalue weighted by atomic mass is 16.2. The van der Waals surface area contributed by atoms with Crippen LogP contribution in [0.2, 0.25) is 0 Å². The van der Waals surface area contributed by atoms with Gasteiger partial charge < -0.3 is 16.0 Å². The lowest BCUT2D eigenvalue weighted by Crippen LogP contribution is -2.33. The molecular weight excluding hydrogens is 254 g/mol. The van der Waals surface area contributed by atoms with Gasteiger partial charge in [0.1, 0.15) is 0 Å². The quantitative estimate of drug-likeness (QED) is 0.862. The van der Waals surface area contributed by atoms with Gasteiger partial charge in [-0.2, -0.15) is 0 Å². The van der Waals surface area contributed by atoms with Crippen LogP contribution in [-0.2, 0) is 4.79 Å². The minimum absolute atomic E-state index is 0.0623. The molecule has 0 aliphatic rings. The van der Waals surface area contributed by atoms with Crippen molar-refractivity contribution >= 4 is 17.5 Å². The zero-order valence-corrected chi connectivity index (χ0v) is 12.6. The molecule has 0 fully saturated rings. The second kappa shape index (κ2) is 6.52. The molecule has 5 heteroatoms. The first-order chi connectivity index (χ1) is 9.19. The zero-order valence-electron chi connectivity index (χ0n) is 12.6. The van der Waals surface area contributed by atoms with Crippen LogP contribution >= 0.6 is 0 Å². The van der Waals surface area contributed by atoms with Crippen molar-refractivity contribution in [2.45, 2.75) is 32.2 Å². The molecule has 2 amide bonds. The molecule has 110 valence electrons. The van der Waals surface area contributed by atoms with Crippen LogP contribution in [0.1, 0.15) is 37.0 Å². The van der Waals surface area contributed by atoms with Crippen LogP contribution in [0.5, 0.6) is 0 Å². The smallest absolute Gasteiger partial charge is 0.253 e. The van der Waals surface area contributed by atoms with E-state index in [9.17, 15) is 9.59 Å². The molecule has 1 aromatic carbocycles. The highest BCUT2D eigenvalue weighted by Crippen LogP contribution is 2.13. The third-order valence-electron chi connectivity index (χ3n) is 2.82. The van der Waals surface area contributed by atoms with E-state index < -0.39 is 0 Å². The molecule has 5 nitrogen and oxygen atoms in total. The molecule has 1 aromatic rings. The number of rotatable bonds is 5. The number of hydrogen-bond donors (Lipinski definition) is 2. The third-order valence-corrected chi connectivity index (χ3v) is 2.82. The number of anilines is 1. The lowest BCUT2D eigenvalue weighted by Gasteiger charge is -2.17. The molecule has 0 spiro atoms. The number of carbonyl (C=O) groups excluding carboxylic acids is 2. The first-order valence-electron chi connectivity index (χ1n) is 6.59. The summed E-state index contributed by atoms with van der Waals surface area (Å²) in [4.78, 5) is 25.0. The Morgan fingerprint density at radius 2 is 1.75 bits per heavy atom. The summed E-state index contributed by atoms with van der Waals surface area (Å²) in [5.41, 5.74) is 6.76. The van der Waals surface area contributed by atoms with Crippen LogP contribution in [0.25, 0.3) is 0 Å². The molecule has 20 heavy (non-hydrogen) atoms. The molecule has 0 atom stereocenters. The van der Waals surface area contributed by atoms with Crippen molar-refractivity contribution in [3.05, 3.63) is 29.8 Å². The van der Waals surface area contributed by atoms with E-state index in [0.717, 1.165) is 0 Å². The van der Waals surface area contributed by atoms with Crippen molar-refractivity contribution in [3.63, 3.8) is 0 Å². The molecule has 0 radical (unpaired) electrons. The zero-order chi connectivity index (χ0) is 15.3. The van der Waals surface area contributed by atoms with Gasteiger partial charge >= 0.3 is 0 Å². The molecule has 0 unspecified atom stereocenters. The second-order valence-electron chi connectivity index (χ2n) is 5.81. The van der Waals surface area contributed by atoms with Crippen molar-refractivity contribution in [1.82, 2.24) is 4.90 Å². The van der Waals surface area contributed by atoms with Crippen LogP contribution in [0.4, 0.5) is 5.69 Å². The predicted octanol–water partition coefficient (Wildman–Crippen LogP) is 1.84. The van der Waals surface area contributed by atoms with E-state index in [1.165, 1.54) is 4.90 Å². The topological polar surface area (TPSA) is 75.4 Å². The predicted molar refractivity (Wildman–Crippen MR) is 80.6 cm³/mol. The molecule has 0 saturated carbocycles. The van der Waals surface area contributed by atoms with Crippen LogP contribution in [0.3, 0.4) is 0 Å². The average Bonchev–Trinajstić information content (AvgIpc) is 2.35. The molecular formula is C15H23N3O2. The molecule has 3 N–H and O–H groups in total. The summed E-state index contributed by atoms with van der Waals surface area (Å²) in [5.74, 6) is -0.136. The van der Waals surface area contributed by atoms with Crippen molar-refractivity contribution < 1.29 is 9.59 Å². The Kier molecular flexibility index (Phi) is 5.27. The lowest BCUT2D eigenvalue weighted by atomic mass is 10.00. The number of hydrogen-bond acceptors (Lipinski definition) is 3. The summed E-state index contributed by atoms with van der Waals surface area (Å²) in [5, 5.41) is 2.79. The van der Waals surface area contributed by atoms with Gasteiger partial charge in [0.25, 0.3) is 5.91 Å². The molecule has 0 heterocycles. The Balaban J connectivity index is 2.57. The van der Waals surface area contributed by atoms with Crippen LogP contribution in [0, 0.1) is 0 Å². The summed E-state index contributed by atoms with van der Waals surface area (Å²) in [6.45, 7) is 3.78. The maximum atomic E-state index is 11.7. The SMILES string of the molecule is CN(C)C(=O)c1ccc(NC(=O)CCC(C)(C)N)cc1. The maximum absolute atomic E-state index is 11.7. The number of nitrogens with two attached hydrogens (primary N) is 1. The Bertz CT molecular complexity index is 473. The number of nitrogens with zero attached hydrogens (tertiary/aromatic N) is 1. The Hall–Kier alpha value is -1.88. The highest BCUT2D eigenvalue weighted by Gasteiger charge is 2.13. The van der Waals surface area contributed by atoms with Crippen LogP contribution in [0.15, 0.2) is 24.3 Å². The van der Waals surface area contributed by atoms with Gasteiger partial charge in [-0.25, -0.2) is 0 Å². The lowest BCUT2D eigenvalue weighted by molar-refractivity contribution is -0.116. The standard InChI is InChI=1S/C15H23N3O2/c1-15(2,16)10-9-13(19)17-12-7-5-11(6-8-12)14(20)18(3)4/h5-8H,9-10,16H2,1-4H3,(H,17,19). The third kappa shape index (κ3) is 5.40. The largest absolute Gasteiger partial charge is 0.345 e. The monoisotopic (exact) mass is 277 g/mol. The number of amides is 2. The molecule has 0 saturated heterocycles. The van der Waals surface area contributed by atoms with E-state index >= 15 is 0 Å². The summed E-state index contributed by atoms with van der Waals surface area (Å²) < 4.78 is 0. The van der Waals surface area contributed by atoms with E-state index in [-0.39, 0.29) is 17.4 Å². The molecule has 0 bridgehead atoms. The first-order valence-corrected chi connectivity index (χ1v) is 6.59. The summed E-state index contributed by atoms with van der Waals surface area (Å²) >= 11 is 0. The summed E-state index contributed by atoms with van der Waals surface area (Å²) in [7, 11) is 3.40. The van der Waals surface area contributed by atoms with Crippen molar-refractivity contribution in [2.24, 2.45) is 5.73 Å². The van der Waals surface area contributed by atoms with Crippen LogP contribution < -0.4 is 11.1 Å². The Morgan fingerprint density at radius 3 is 2.20 bits per heavy atom. The van der Waals surface area contributed by atoms with E-state index in [0.29, 0.717) is 24.1 Å². The van der Waals surface area contributed by atoms with Crippen molar-refractivity contribution in [3.8, 4) is 0 Å².